The van der Waals surface area contributed by atoms with Crippen LogP contribution in [0.3, 0.4) is 0 Å². The van der Waals surface area contributed by atoms with Gasteiger partial charge in [-0.3, -0.25) is 9.69 Å². The molecule has 2 N–H and O–H groups in total. The monoisotopic (exact) mass is 265 g/mol. The van der Waals surface area contributed by atoms with Crippen molar-refractivity contribution >= 4 is 5.91 Å². The Balaban J connectivity index is 2.01. The van der Waals surface area contributed by atoms with E-state index < -0.39 is 6.41 Å². The van der Waals surface area contributed by atoms with Gasteiger partial charge < -0.3 is 14.9 Å². The van der Waals surface area contributed by atoms with Gasteiger partial charge in [-0.05, 0) is 18.4 Å². The van der Waals surface area contributed by atoms with Crippen molar-refractivity contribution in [3.05, 3.63) is 35.9 Å². The van der Waals surface area contributed by atoms with Crippen LogP contribution in [0.4, 0.5) is 0 Å². The molecule has 2 atom stereocenters. The minimum absolute atomic E-state index is 0.0279. The number of benzene rings is 1. The second-order valence-corrected chi connectivity index (χ2v) is 4.63. The molecule has 0 bridgehead atoms. The molecule has 1 aromatic rings. The number of hydrogen-bond donors (Lipinski definition) is 2. The van der Waals surface area contributed by atoms with Gasteiger partial charge in [-0.1, -0.05) is 30.3 Å². The second-order valence-electron chi connectivity index (χ2n) is 4.63. The van der Waals surface area contributed by atoms with E-state index >= 15 is 0 Å². The average Bonchev–Trinajstić information content (AvgIpc) is 2.78. The van der Waals surface area contributed by atoms with Gasteiger partial charge in [0.2, 0.25) is 12.3 Å². The normalized spacial score (nSPS) is 22.7. The van der Waals surface area contributed by atoms with Crippen LogP contribution in [0.25, 0.3) is 0 Å². The summed E-state index contributed by atoms with van der Waals surface area (Å²) in [6.45, 7) is 0.306. The van der Waals surface area contributed by atoms with Crippen LogP contribution in [-0.4, -0.2) is 46.7 Å². The van der Waals surface area contributed by atoms with Gasteiger partial charge in [0.05, 0.1) is 12.6 Å². The van der Waals surface area contributed by atoms with Crippen molar-refractivity contribution in [2.24, 2.45) is 0 Å². The molecule has 1 fully saturated rings. The van der Waals surface area contributed by atoms with E-state index in [0.29, 0.717) is 19.4 Å². The minimum Gasteiger partial charge on any atom is -0.396 e. The molecule has 1 amide bonds. The molecular weight excluding hydrogens is 246 g/mol. The Hall–Kier alpha value is -1.43. The lowest BCUT2D eigenvalue weighted by Gasteiger charge is -2.25. The van der Waals surface area contributed by atoms with Gasteiger partial charge in [0.15, 0.2) is 0 Å². The number of carbonyl (C=O) groups excluding carboxylic acids is 1. The molecule has 5 heteroatoms. The number of ether oxygens (including phenoxy) is 1. The zero-order valence-electron chi connectivity index (χ0n) is 10.7. The van der Waals surface area contributed by atoms with Crippen LogP contribution in [0.2, 0.25) is 0 Å². The predicted octanol–water partition coefficient (Wildman–Crippen LogP) is 0.505. The molecule has 0 spiro atoms. The molecule has 5 nitrogen and oxygen atoms in total. The number of amides is 1. The summed E-state index contributed by atoms with van der Waals surface area (Å²) >= 11 is 0. The van der Waals surface area contributed by atoms with Gasteiger partial charge in [0.25, 0.3) is 0 Å². The first kappa shape index (κ1) is 14.0. The lowest BCUT2D eigenvalue weighted by atomic mass is 10.1. The zero-order valence-corrected chi connectivity index (χ0v) is 10.7. The van der Waals surface area contributed by atoms with E-state index in [4.69, 9.17) is 9.84 Å². The molecule has 0 aliphatic carbocycles. The molecule has 19 heavy (non-hydrogen) atoms. The number of nitrogens with zero attached hydrogens (tertiary/aromatic N) is 1. The molecule has 1 saturated heterocycles. The predicted molar refractivity (Wildman–Crippen MR) is 69.1 cm³/mol. The average molecular weight is 265 g/mol. The smallest absolute Gasteiger partial charge is 0.240 e. The third-order valence-corrected chi connectivity index (χ3v) is 3.22. The van der Waals surface area contributed by atoms with Crippen LogP contribution in [0.5, 0.6) is 0 Å². The van der Waals surface area contributed by atoms with Crippen molar-refractivity contribution in [2.45, 2.75) is 31.7 Å². The summed E-state index contributed by atoms with van der Waals surface area (Å²) < 4.78 is 5.15. The van der Waals surface area contributed by atoms with Crippen molar-refractivity contribution in [3.63, 3.8) is 0 Å². The molecule has 104 valence electrons. The third-order valence-electron chi connectivity index (χ3n) is 3.22. The fourth-order valence-electron chi connectivity index (χ4n) is 2.27. The van der Waals surface area contributed by atoms with Crippen molar-refractivity contribution in [1.29, 1.82) is 0 Å². The van der Waals surface area contributed by atoms with Gasteiger partial charge in [-0.2, -0.15) is 0 Å². The van der Waals surface area contributed by atoms with Gasteiger partial charge in [-0.25, -0.2) is 0 Å². The lowest BCUT2D eigenvalue weighted by Crippen LogP contribution is -2.43. The van der Waals surface area contributed by atoms with E-state index in [0.717, 1.165) is 5.56 Å². The maximum atomic E-state index is 12.0. The van der Waals surface area contributed by atoms with Crippen molar-refractivity contribution in [3.8, 4) is 0 Å². The fraction of sp³-hybridized carbons (Fsp3) is 0.500. The van der Waals surface area contributed by atoms with Crippen molar-refractivity contribution in [2.75, 3.05) is 13.2 Å². The molecule has 0 saturated carbocycles. The highest BCUT2D eigenvalue weighted by molar-refractivity contribution is 5.76. The Labute approximate surface area is 112 Å². The summed E-state index contributed by atoms with van der Waals surface area (Å²) in [4.78, 5) is 13.4. The maximum Gasteiger partial charge on any atom is 0.240 e. The summed E-state index contributed by atoms with van der Waals surface area (Å²) in [6.07, 6.45) is 0.116. The highest BCUT2D eigenvalue weighted by Crippen LogP contribution is 2.20. The number of aliphatic hydroxyl groups excluding tert-OH is 2. The summed E-state index contributed by atoms with van der Waals surface area (Å²) in [5, 5.41) is 18.5. The van der Waals surface area contributed by atoms with Crippen LogP contribution < -0.4 is 0 Å². The van der Waals surface area contributed by atoms with Crippen LogP contribution in [-0.2, 0) is 16.0 Å². The standard InChI is InChI=1S/C14H19NO4/c16-8-4-7-13(17)15-12(10-19-14(15)18)9-11-5-2-1-3-6-11/h1-3,5-6,12,14,16,18H,4,7-10H2/t12?,14-/m1/s1. The van der Waals surface area contributed by atoms with E-state index in [-0.39, 0.29) is 25.0 Å². The van der Waals surface area contributed by atoms with E-state index in [1.165, 1.54) is 4.90 Å². The molecule has 0 aromatic heterocycles. The fourth-order valence-corrected chi connectivity index (χ4v) is 2.27. The summed E-state index contributed by atoms with van der Waals surface area (Å²) in [5.41, 5.74) is 1.10. The maximum absolute atomic E-state index is 12.0. The number of rotatable bonds is 5. The molecule has 0 radical (unpaired) electrons. The summed E-state index contributed by atoms with van der Waals surface area (Å²) in [5.74, 6) is -0.181. The van der Waals surface area contributed by atoms with Crippen LogP contribution in [0.15, 0.2) is 30.3 Å². The highest BCUT2D eigenvalue weighted by Gasteiger charge is 2.36. The summed E-state index contributed by atoms with van der Waals surface area (Å²) in [7, 11) is 0. The quantitative estimate of drug-likeness (QED) is 0.813. The molecule has 1 aromatic carbocycles. The number of hydrogen-bond acceptors (Lipinski definition) is 4. The lowest BCUT2D eigenvalue weighted by molar-refractivity contribution is -0.165. The van der Waals surface area contributed by atoms with Crippen LogP contribution in [0, 0.1) is 0 Å². The highest BCUT2D eigenvalue weighted by atomic mass is 16.6. The molecule has 1 unspecified atom stereocenters. The molecule has 1 aliphatic rings. The Morgan fingerprint density at radius 1 is 1.37 bits per heavy atom. The van der Waals surface area contributed by atoms with Gasteiger partial charge >= 0.3 is 0 Å². The van der Waals surface area contributed by atoms with Gasteiger partial charge in [0.1, 0.15) is 0 Å². The van der Waals surface area contributed by atoms with E-state index in [1.807, 2.05) is 30.3 Å². The largest absolute Gasteiger partial charge is 0.396 e. The SMILES string of the molecule is O=C(CCCO)N1C(Cc2ccccc2)CO[C@H]1O. The first-order valence-electron chi connectivity index (χ1n) is 6.48. The van der Waals surface area contributed by atoms with Gasteiger partial charge in [0, 0.05) is 13.0 Å². The Morgan fingerprint density at radius 2 is 2.11 bits per heavy atom. The Bertz CT molecular complexity index is 409. The Morgan fingerprint density at radius 3 is 2.79 bits per heavy atom. The minimum atomic E-state index is -1.17. The zero-order chi connectivity index (χ0) is 13.7. The molecule has 1 heterocycles. The van der Waals surface area contributed by atoms with Crippen molar-refractivity contribution in [1.82, 2.24) is 4.90 Å². The van der Waals surface area contributed by atoms with E-state index in [1.54, 1.807) is 0 Å². The first-order chi connectivity index (χ1) is 9.22. The molecule has 1 aliphatic heterocycles. The van der Waals surface area contributed by atoms with E-state index in [2.05, 4.69) is 0 Å². The topological polar surface area (TPSA) is 70.0 Å². The van der Waals surface area contributed by atoms with Crippen LogP contribution >= 0.6 is 0 Å². The third kappa shape index (κ3) is 3.53. The molecule has 2 rings (SSSR count). The summed E-state index contributed by atoms with van der Waals surface area (Å²) in [6, 6.07) is 9.65. The number of aliphatic hydroxyl groups is 2. The first-order valence-corrected chi connectivity index (χ1v) is 6.48. The second kappa shape index (κ2) is 6.65. The van der Waals surface area contributed by atoms with Crippen LogP contribution in [0.1, 0.15) is 18.4 Å². The Kier molecular flexibility index (Phi) is 4.90. The number of carbonyl (C=O) groups is 1. The van der Waals surface area contributed by atoms with Gasteiger partial charge in [-0.15, -0.1) is 0 Å². The molecular formula is C14H19NO4. The van der Waals surface area contributed by atoms with Crippen molar-refractivity contribution < 1.29 is 19.7 Å². The van der Waals surface area contributed by atoms with E-state index in [9.17, 15) is 9.90 Å².